The first-order chi connectivity index (χ1) is 17.3. The molecule has 0 saturated carbocycles. The average Bonchev–Trinajstić information content (AvgIpc) is 3.29. The molecule has 1 aliphatic rings. The van der Waals surface area contributed by atoms with Gasteiger partial charge in [0.15, 0.2) is 5.69 Å². The summed E-state index contributed by atoms with van der Waals surface area (Å²) in [5.41, 5.74) is 4.46. The topological polar surface area (TPSA) is 96.0 Å². The third-order valence-corrected chi connectivity index (χ3v) is 5.86. The number of amides is 1. The lowest BCUT2D eigenvalue weighted by molar-refractivity contribution is 0.102. The van der Waals surface area contributed by atoms with Gasteiger partial charge in [-0.25, -0.2) is 4.98 Å². The van der Waals surface area contributed by atoms with Crippen LogP contribution >= 0.6 is 0 Å². The smallest absolute Gasteiger partial charge is 0.276 e. The summed E-state index contributed by atoms with van der Waals surface area (Å²) < 4.78 is 26.2. The van der Waals surface area contributed by atoms with Crippen LogP contribution in [0.4, 0.5) is 5.69 Å². The molecule has 8 heteroatoms. The van der Waals surface area contributed by atoms with Crippen LogP contribution in [-0.2, 0) is 6.54 Å². The number of benzene rings is 1. The Morgan fingerprint density at radius 3 is 2.85 bits per heavy atom. The van der Waals surface area contributed by atoms with Crippen LogP contribution in [0.1, 0.15) is 39.4 Å². The summed E-state index contributed by atoms with van der Waals surface area (Å²) in [5.74, 6) is -0.472. The van der Waals surface area contributed by atoms with E-state index in [-0.39, 0.29) is 11.6 Å². The highest BCUT2D eigenvalue weighted by Gasteiger charge is 2.16. The van der Waals surface area contributed by atoms with E-state index in [9.17, 15) is 4.79 Å². The number of methoxy groups -OCH3 is 1. The lowest BCUT2D eigenvalue weighted by Gasteiger charge is -2.26. The summed E-state index contributed by atoms with van der Waals surface area (Å²) in [6.07, 6.45) is 8.86. The highest BCUT2D eigenvalue weighted by atomic mass is 16.5. The Morgan fingerprint density at radius 1 is 1.12 bits per heavy atom. The lowest BCUT2D eigenvalue weighted by Crippen LogP contribution is -2.29. The van der Waals surface area contributed by atoms with Crippen LogP contribution in [0.15, 0.2) is 55.0 Å². The summed E-state index contributed by atoms with van der Waals surface area (Å²) in [6, 6.07) is 10.9. The van der Waals surface area contributed by atoms with Crippen molar-refractivity contribution in [1.29, 1.82) is 0 Å². The molecular weight excluding hydrogens is 416 g/mol. The first-order valence-corrected chi connectivity index (χ1v) is 11.0. The number of hydrogen-bond acceptors (Lipinski definition) is 6. The number of aromatic nitrogens is 4. The second kappa shape index (κ2) is 9.38. The first kappa shape index (κ1) is 17.7. The van der Waals surface area contributed by atoms with E-state index in [1.165, 1.54) is 37.6 Å². The average molecular weight is 446 g/mol. The highest BCUT2D eigenvalue weighted by molar-refractivity contribution is 6.11. The minimum absolute atomic E-state index is 0.0565. The van der Waals surface area contributed by atoms with Crippen molar-refractivity contribution in [3.8, 4) is 17.0 Å². The minimum Gasteiger partial charge on any atom is -0.481 e. The highest BCUT2D eigenvalue weighted by Crippen LogP contribution is 2.27. The van der Waals surface area contributed by atoms with Crippen LogP contribution in [0.5, 0.6) is 5.88 Å². The Balaban J connectivity index is 1.34. The van der Waals surface area contributed by atoms with Gasteiger partial charge in [-0.3, -0.25) is 19.8 Å². The van der Waals surface area contributed by atoms with Gasteiger partial charge in [-0.15, -0.1) is 0 Å². The third kappa shape index (κ3) is 4.70. The fourth-order valence-corrected chi connectivity index (χ4v) is 4.18. The van der Waals surface area contributed by atoms with Gasteiger partial charge in [0.2, 0.25) is 5.88 Å². The van der Waals surface area contributed by atoms with Gasteiger partial charge >= 0.3 is 0 Å². The molecule has 0 unspecified atom stereocenters. The standard InChI is InChI=1S/C25H26N6O2/c1-33-23-8-6-20(15-27-23)28-25(32)24-21-12-18(5-7-22(21)29-30-24)19-11-17(13-26-14-19)16-31-9-3-2-4-10-31/h5-8,11-15H,2-4,9-10,16H2,1H3,(H,28,32)(H,29,30)/i1D3. The number of nitrogens with one attached hydrogen (secondary N) is 2. The maximum absolute atomic E-state index is 13.0. The Morgan fingerprint density at radius 2 is 2.03 bits per heavy atom. The van der Waals surface area contributed by atoms with Crippen molar-refractivity contribution in [2.75, 3.05) is 25.4 Å². The molecule has 33 heavy (non-hydrogen) atoms. The molecule has 2 N–H and O–H groups in total. The van der Waals surface area contributed by atoms with Crippen LogP contribution < -0.4 is 10.1 Å². The van der Waals surface area contributed by atoms with Gasteiger partial charge in [0.1, 0.15) is 0 Å². The van der Waals surface area contributed by atoms with Crippen LogP contribution in [-0.4, -0.2) is 51.1 Å². The maximum Gasteiger partial charge on any atom is 0.276 e. The van der Waals surface area contributed by atoms with Gasteiger partial charge in [0.25, 0.3) is 5.91 Å². The molecule has 0 bridgehead atoms. The Kier molecular flexibility index (Phi) is 5.04. The van der Waals surface area contributed by atoms with Crippen LogP contribution in [0.3, 0.4) is 0 Å². The fourth-order valence-electron chi connectivity index (χ4n) is 4.18. The lowest BCUT2D eigenvalue weighted by atomic mass is 10.0. The molecule has 0 spiro atoms. The summed E-state index contributed by atoms with van der Waals surface area (Å²) >= 11 is 0. The number of carbonyl (C=O) groups excluding carboxylic acids is 1. The second-order valence-electron chi connectivity index (χ2n) is 8.19. The largest absolute Gasteiger partial charge is 0.481 e. The van der Waals surface area contributed by atoms with E-state index in [0.717, 1.165) is 41.8 Å². The van der Waals surface area contributed by atoms with Crippen molar-refractivity contribution in [3.63, 3.8) is 0 Å². The number of carbonyl (C=O) groups is 1. The zero-order valence-electron chi connectivity index (χ0n) is 21.0. The number of likely N-dealkylation sites (tertiary alicyclic amines) is 1. The molecule has 0 atom stereocenters. The van der Waals surface area contributed by atoms with E-state index in [1.54, 1.807) is 0 Å². The number of fused-ring (bicyclic) bond motifs is 1. The predicted octanol–water partition coefficient (Wildman–Crippen LogP) is 4.27. The van der Waals surface area contributed by atoms with Crippen LogP contribution in [0.2, 0.25) is 0 Å². The number of anilines is 1. The van der Waals surface area contributed by atoms with Crippen molar-refractivity contribution in [2.45, 2.75) is 25.8 Å². The zero-order valence-corrected chi connectivity index (χ0v) is 18.0. The van der Waals surface area contributed by atoms with Gasteiger partial charge in [0, 0.05) is 36.0 Å². The van der Waals surface area contributed by atoms with E-state index in [1.807, 2.05) is 30.6 Å². The van der Waals surface area contributed by atoms with E-state index >= 15 is 0 Å². The molecule has 0 aliphatic carbocycles. The van der Waals surface area contributed by atoms with Crippen molar-refractivity contribution in [1.82, 2.24) is 25.1 Å². The number of aromatic amines is 1. The molecule has 8 nitrogen and oxygen atoms in total. The van der Waals surface area contributed by atoms with E-state index in [0.29, 0.717) is 11.1 Å². The monoisotopic (exact) mass is 445 g/mol. The number of ether oxygens (including phenoxy) is 1. The van der Waals surface area contributed by atoms with Crippen LogP contribution in [0, 0.1) is 0 Å². The molecule has 1 aromatic carbocycles. The van der Waals surface area contributed by atoms with Crippen molar-refractivity contribution >= 4 is 22.5 Å². The number of hydrogen-bond donors (Lipinski definition) is 2. The maximum atomic E-state index is 13.0. The van der Waals surface area contributed by atoms with Crippen molar-refractivity contribution in [2.24, 2.45) is 0 Å². The number of rotatable bonds is 6. The molecule has 4 heterocycles. The van der Waals surface area contributed by atoms with Crippen molar-refractivity contribution < 1.29 is 13.6 Å². The number of nitrogens with zero attached hydrogens (tertiary/aromatic N) is 4. The Labute approximate surface area is 196 Å². The van der Waals surface area contributed by atoms with Gasteiger partial charge in [-0.2, -0.15) is 5.10 Å². The third-order valence-electron chi connectivity index (χ3n) is 5.86. The van der Waals surface area contributed by atoms with Crippen LogP contribution in [0.25, 0.3) is 22.0 Å². The SMILES string of the molecule is [2H]C([2H])([2H])Oc1ccc(NC(=O)c2n[nH]c3ccc(-c4cncc(CN5CCCCC5)c4)cc23)cn1. The molecule has 1 aliphatic heterocycles. The van der Waals surface area contributed by atoms with E-state index < -0.39 is 12.9 Å². The molecular formula is C25H26N6O2. The molecule has 0 radical (unpaired) electrons. The normalized spacial score (nSPS) is 16.1. The van der Waals surface area contributed by atoms with Gasteiger partial charge in [0.05, 0.1) is 28.6 Å². The number of piperidine rings is 1. The number of H-pyrrole nitrogens is 1. The Bertz CT molecular complexity index is 1360. The summed E-state index contributed by atoms with van der Waals surface area (Å²) in [6.45, 7) is 3.12. The van der Waals surface area contributed by atoms with E-state index in [2.05, 4.69) is 36.4 Å². The zero-order chi connectivity index (χ0) is 25.1. The molecule has 3 aromatic heterocycles. The fraction of sp³-hybridized carbons (Fsp3) is 0.280. The first-order valence-electron chi connectivity index (χ1n) is 12.5. The second-order valence-corrected chi connectivity index (χ2v) is 8.19. The van der Waals surface area contributed by atoms with Crippen molar-refractivity contribution in [3.05, 3.63) is 66.2 Å². The molecule has 1 saturated heterocycles. The van der Waals surface area contributed by atoms with E-state index in [4.69, 9.17) is 8.85 Å². The molecule has 4 aromatic rings. The quantitative estimate of drug-likeness (QED) is 0.460. The Hall–Kier alpha value is -3.78. The molecule has 168 valence electrons. The van der Waals surface area contributed by atoms with Gasteiger partial charge < -0.3 is 10.1 Å². The summed E-state index contributed by atoms with van der Waals surface area (Å²) in [4.78, 5) is 23.8. The summed E-state index contributed by atoms with van der Waals surface area (Å²) in [5, 5.41) is 10.5. The summed E-state index contributed by atoms with van der Waals surface area (Å²) in [7, 11) is -2.59. The minimum atomic E-state index is -2.59. The number of pyridine rings is 2. The molecule has 5 rings (SSSR count). The predicted molar refractivity (Wildman–Crippen MR) is 127 cm³/mol. The van der Waals surface area contributed by atoms with Gasteiger partial charge in [-0.05, 0) is 61.3 Å². The molecule has 1 fully saturated rings. The molecule has 1 amide bonds. The van der Waals surface area contributed by atoms with Gasteiger partial charge in [-0.1, -0.05) is 12.5 Å².